The van der Waals surface area contributed by atoms with Gasteiger partial charge in [0.2, 0.25) is 5.91 Å². The van der Waals surface area contributed by atoms with Crippen molar-refractivity contribution < 1.29 is 18.0 Å². The van der Waals surface area contributed by atoms with E-state index in [1.807, 2.05) is 6.07 Å². The topological polar surface area (TPSA) is 97.6 Å². The Hall–Kier alpha value is -2.11. The SMILES string of the molecule is N#CCCCCn1nnc(CC(N)=O)c1C(F)(F)F. The normalized spacial score (nSPS) is 11.3. The number of carbonyl (C=O) groups excluding carboxylic acids is 1. The fourth-order valence-electron chi connectivity index (χ4n) is 1.57. The van der Waals surface area contributed by atoms with Crippen LogP contribution in [0.4, 0.5) is 13.2 Å². The zero-order valence-electron chi connectivity index (χ0n) is 9.94. The highest BCUT2D eigenvalue weighted by Gasteiger charge is 2.39. The van der Waals surface area contributed by atoms with Gasteiger partial charge in [-0.2, -0.15) is 18.4 Å². The first-order valence-electron chi connectivity index (χ1n) is 5.51. The molecule has 0 aliphatic rings. The van der Waals surface area contributed by atoms with Gasteiger partial charge in [0.15, 0.2) is 5.69 Å². The van der Waals surface area contributed by atoms with E-state index in [9.17, 15) is 18.0 Å². The summed E-state index contributed by atoms with van der Waals surface area (Å²) < 4.78 is 39.3. The average molecular weight is 275 g/mol. The highest BCUT2D eigenvalue weighted by molar-refractivity contribution is 5.76. The van der Waals surface area contributed by atoms with E-state index in [0.717, 1.165) is 0 Å². The first kappa shape index (κ1) is 14.9. The van der Waals surface area contributed by atoms with Gasteiger partial charge in [-0.3, -0.25) is 4.79 Å². The van der Waals surface area contributed by atoms with Gasteiger partial charge in [0.1, 0.15) is 5.69 Å². The highest BCUT2D eigenvalue weighted by atomic mass is 19.4. The summed E-state index contributed by atoms with van der Waals surface area (Å²) in [6.45, 7) is -0.0116. The second-order valence-electron chi connectivity index (χ2n) is 3.86. The van der Waals surface area contributed by atoms with Gasteiger partial charge < -0.3 is 5.73 Å². The molecule has 0 aliphatic carbocycles. The van der Waals surface area contributed by atoms with Crippen molar-refractivity contribution in [2.45, 2.75) is 38.4 Å². The molecule has 6 nitrogen and oxygen atoms in total. The molecule has 1 amide bonds. The summed E-state index contributed by atoms with van der Waals surface area (Å²) in [4.78, 5) is 10.7. The van der Waals surface area contributed by atoms with Crippen LogP contribution in [0.15, 0.2) is 0 Å². The smallest absolute Gasteiger partial charge is 0.369 e. The van der Waals surface area contributed by atoms with E-state index in [0.29, 0.717) is 17.5 Å². The number of rotatable bonds is 6. The minimum absolute atomic E-state index is 0.0116. The van der Waals surface area contributed by atoms with Crippen LogP contribution in [0.1, 0.15) is 30.7 Å². The third kappa shape index (κ3) is 4.24. The van der Waals surface area contributed by atoms with Crippen LogP contribution in [0.3, 0.4) is 0 Å². The molecular weight excluding hydrogens is 263 g/mol. The van der Waals surface area contributed by atoms with Crippen LogP contribution in [0, 0.1) is 11.3 Å². The van der Waals surface area contributed by atoms with Gasteiger partial charge in [0.05, 0.1) is 12.5 Å². The summed E-state index contributed by atoms with van der Waals surface area (Å²) in [5, 5.41) is 15.1. The Morgan fingerprint density at radius 1 is 1.42 bits per heavy atom. The molecule has 9 heteroatoms. The van der Waals surface area contributed by atoms with Gasteiger partial charge in [-0.1, -0.05) is 5.21 Å². The van der Waals surface area contributed by atoms with Crippen molar-refractivity contribution in [3.05, 3.63) is 11.4 Å². The van der Waals surface area contributed by atoms with Crippen molar-refractivity contribution in [3.8, 4) is 6.07 Å². The van der Waals surface area contributed by atoms with Crippen molar-refractivity contribution in [3.63, 3.8) is 0 Å². The van der Waals surface area contributed by atoms with Gasteiger partial charge in [-0.25, -0.2) is 4.68 Å². The Labute approximate surface area is 107 Å². The van der Waals surface area contributed by atoms with E-state index in [4.69, 9.17) is 11.0 Å². The van der Waals surface area contributed by atoms with E-state index < -0.39 is 29.9 Å². The van der Waals surface area contributed by atoms with Crippen molar-refractivity contribution in [2.24, 2.45) is 5.73 Å². The summed E-state index contributed by atoms with van der Waals surface area (Å²) in [6, 6.07) is 1.90. The fraction of sp³-hybridized carbons (Fsp3) is 0.600. The number of hydrogen-bond acceptors (Lipinski definition) is 4. The molecule has 0 saturated carbocycles. The molecule has 0 unspecified atom stereocenters. The predicted molar refractivity (Wildman–Crippen MR) is 57.4 cm³/mol. The minimum atomic E-state index is -4.65. The molecule has 104 valence electrons. The van der Waals surface area contributed by atoms with Gasteiger partial charge in [-0.05, 0) is 12.8 Å². The molecule has 0 radical (unpaired) electrons. The first-order valence-corrected chi connectivity index (χ1v) is 5.51. The first-order chi connectivity index (χ1) is 8.86. The molecule has 0 atom stereocenters. The molecule has 0 saturated heterocycles. The third-order valence-corrected chi connectivity index (χ3v) is 2.32. The number of aryl methyl sites for hydroxylation is 1. The van der Waals surface area contributed by atoms with E-state index >= 15 is 0 Å². The molecule has 1 aromatic heterocycles. The van der Waals surface area contributed by atoms with Crippen molar-refractivity contribution in [2.75, 3.05) is 0 Å². The zero-order chi connectivity index (χ0) is 14.5. The molecule has 1 heterocycles. The number of aromatic nitrogens is 3. The lowest BCUT2D eigenvalue weighted by atomic mass is 10.2. The number of carbonyl (C=O) groups is 1. The van der Waals surface area contributed by atoms with Crippen LogP contribution in [0.5, 0.6) is 0 Å². The summed E-state index contributed by atoms with van der Waals surface area (Å²) in [6.07, 6.45) is -4.14. The number of nitrogens with zero attached hydrogens (tertiary/aromatic N) is 4. The molecular formula is C10H12F3N5O. The number of alkyl halides is 3. The standard InChI is InChI=1S/C10H12F3N5O/c11-10(12,13)9-7(6-8(15)19)16-17-18(9)5-3-1-2-4-14/h1-3,5-6H2,(H2,15,19). The van der Waals surface area contributed by atoms with E-state index in [1.54, 1.807) is 0 Å². The number of hydrogen-bond donors (Lipinski definition) is 1. The molecule has 0 bridgehead atoms. The number of unbranched alkanes of at least 4 members (excludes halogenated alkanes) is 2. The fourth-order valence-corrected chi connectivity index (χ4v) is 1.57. The van der Waals surface area contributed by atoms with Gasteiger partial charge in [0.25, 0.3) is 0 Å². The number of amides is 1. The van der Waals surface area contributed by atoms with Gasteiger partial charge >= 0.3 is 6.18 Å². The molecule has 0 fully saturated rings. The summed E-state index contributed by atoms with van der Waals surface area (Å²) in [5.74, 6) is -0.901. The van der Waals surface area contributed by atoms with Crippen LogP contribution in [0.25, 0.3) is 0 Å². The van der Waals surface area contributed by atoms with Gasteiger partial charge in [-0.15, -0.1) is 5.10 Å². The van der Waals surface area contributed by atoms with Crippen LogP contribution in [0.2, 0.25) is 0 Å². The lowest BCUT2D eigenvalue weighted by molar-refractivity contribution is -0.145. The van der Waals surface area contributed by atoms with E-state index in [-0.39, 0.29) is 13.0 Å². The molecule has 1 rings (SSSR count). The third-order valence-electron chi connectivity index (χ3n) is 2.32. The van der Waals surface area contributed by atoms with Crippen LogP contribution >= 0.6 is 0 Å². The van der Waals surface area contributed by atoms with Crippen LogP contribution in [-0.4, -0.2) is 20.9 Å². The molecule has 0 aromatic carbocycles. The molecule has 0 aliphatic heterocycles. The number of nitriles is 1. The maximum absolute atomic E-state index is 12.9. The van der Waals surface area contributed by atoms with Crippen molar-refractivity contribution in [1.29, 1.82) is 5.26 Å². The Kier molecular flexibility index (Phi) is 4.86. The van der Waals surface area contributed by atoms with Gasteiger partial charge in [0, 0.05) is 13.0 Å². The maximum atomic E-state index is 12.9. The Morgan fingerprint density at radius 3 is 2.63 bits per heavy atom. The Balaban J connectivity index is 2.89. The molecule has 0 spiro atoms. The monoisotopic (exact) mass is 275 g/mol. The lowest BCUT2D eigenvalue weighted by Gasteiger charge is -2.10. The van der Waals surface area contributed by atoms with E-state index in [2.05, 4.69) is 10.3 Å². The number of nitrogens with two attached hydrogens (primary N) is 1. The summed E-state index contributed by atoms with van der Waals surface area (Å²) in [7, 11) is 0. The second kappa shape index (κ2) is 6.17. The predicted octanol–water partition coefficient (Wildman–Crippen LogP) is 1.02. The molecule has 1 aromatic rings. The van der Waals surface area contributed by atoms with Crippen LogP contribution < -0.4 is 5.73 Å². The summed E-state index contributed by atoms with van der Waals surface area (Å²) in [5.41, 5.74) is 3.34. The van der Waals surface area contributed by atoms with E-state index in [1.165, 1.54) is 0 Å². The minimum Gasteiger partial charge on any atom is -0.369 e. The average Bonchev–Trinajstić information content (AvgIpc) is 2.66. The number of primary amides is 1. The van der Waals surface area contributed by atoms with Crippen molar-refractivity contribution in [1.82, 2.24) is 15.0 Å². The zero-order valence-corrected chi connectivity index (χ0v) is 9.94. The largest absolute Gasteiger partial charge is 0.434 e. The summed E-state index contributed by atoms with van der Waals surface area (Å²) >= 11 is 0. The Morgan fingerprint density at radius 2 is 2.11 bits per heavy atom. The molecule has 19 heavy (non-hydrogen) atoms. The Bertz CT molecular complexity index is 488. The quantitative estimate of drug-likeness (QED) is 0.783. The molecule has 2 N–H and O–H groups in total. The number of halogens is 3. The lowest BCUT2D eigenvalue weighted by Crippen LogP contribution is -2.20. The second-order valence-corrected chi connectivity index (χ2v) is 3.86. The highest BCUT2D eigenvalue weighted by Crippen LogP contribution is 2.31. The van der Waals surface area contributed by atoms with Crippen LogP contribution in [-0.2, 0) is 23.9 Å². The maximum Gasteiger partial charge on any atom is 0.434 e. The van der Waals surface area contributed by atoms with Crippen molar-refractivity contribution >= 4 is 5.91 Å².